The third-order valence-electron chi connectivity index (χ3n) is 3.86. The molecule has 4 heteroatoms. The molecule has 0 bridgehead atoms. The van der Waals surface area contributed by atoms with Gasteiger partial charge in [-0.05, 0) is 30.2 Å². The van der Waals surface area contributed by atoms with E-state index in [2.05, 4.69) is 17.0 Å². The molecule has 0 aromatic heterocycles. The molecule has 1 aliphatic rings. The van der Waals surface area contributed by atoms with Gasteiger partial charge in [0.2, 0.25) is 0 Å². The van der Waals surface area contributed by atoms with E-state index < -0.39 is 11.6 Å². The average molecular weight is 289 g/mol. The highest BCUT2D eigenvalue weighted by Crippen LogP contribution is 2.25. The highest BCUT2D eigenvalue weighted by Gasteiger charge is 2.23. The Morgan fingerprint density at radius 2 is 1.76 bits per heavy atom. The fourth-order valence-corrected chi connectivity index (χ4v) is 2.57. The quantitative estimate of drug-likeness (QED) is 0.850. The molecule has 1 atom stereocenters. The molecule has 0 saturated carbocycles. The van der Waals surface area contributed by atoms with Crippen molar-refractivity contribution in [2.24, 2.45) is 0 Å². The number of benzene rings is 2. The minimum Gasteiger partial charge on any atom is -0.489 e. The monoisotopic (exact) mass is 289 g/mol. The molecule has 2 aromatic carbocycles. The van der Waals surface area contributed by atoms with Crippen LogP contribution in [-0.4, -0.2) is 17.5 Å². The van der Waals surface area contributed by atoms with Crippen LogP contribution in [0.2, 0.25) is 0 Å². The van der Waals surface area contributed by atoms with Crippen LogP contribution in [0.3, 0.4) is 0 Å². The van der Waals surface area contributed by atoms with Gasteiger partial charge >= 0.3 is 0 Å². The molecule has 110 valence electrons. The third kappa shape index (κ3) is 3.05. The maximum Gasteiger partial charge on any atom is 0.165 e. The summed E-state index contributed by atoms with van der Waals surface area (Å²) >= 11 is 0. The van der Waals surface area contributed by atoms with E-state index in [-0.39, 0.29) is 11.8 Å². The van der Waals surface area contributed by atoms with Gasteiger partial charge < -0.3 is 4.74 Å². The Morgan fingerprint density at radius 3 is 2.43 bits per heavy atom. The van der Waals surface area contributed by atoms with Crippen LogP contribution in [0.1, 0.15) is 18.1 Å². The standard InChI is InChI=1S/C17H17F2NO/c1-12(11-21-17-8-15(18)6-7-16(17)19)20-9-13-4-2-3-5-14(13)10-20/h2-8,12H,9-11H2,1H3/t12-/m1/s1. The lowest BCUT2D eigenvalue weighted by molar-refractivity contribution is 0.143. The first-order chi connectivity index (χ1) is 10.1. The number of hydrogen-bond acceptors (Lipinski definition) is 2. The first kappa shape index (κ1) is 14.0. The Bertz CT molecular complexity index is 619. The number of fused-ring (bicyclic) bond motifs is 1. The minimum absolute atomic E-state index is 0.0291. The van der Waals surface area contributed by atoms with Crippen molar-refractivity contribution in [1.29, 1.82) is 0 Å². The first-order valence-electron chi connectivity index (χ1n) is 7.02. The van der Waals surface area contributed by atoms with Gasteiger partial charge in [0.25, 0.3) is 0 Å². The molecule has 0 spiro atoms. The van der Waals surface area contributed by atoms with Crippen molar-refractivity contribution in [2.45, 2.75) is 26.1 Å². The van der Waals surface area contributed by atoms with E-state index in [1.165, 1.54) is 11.1 Å². The molecule has 1 aliphatic heterocycles. The molecule has 3 rings (SSSR count). The van der Waals surface area contributed by atoms with Crippen molar-refractivity contribution in [1.82, 2.24) is 4.90 Å². The molecular weight excluding hydrogens is 272 g/mol. The molecule has 0 aliphatic carbocycles. The molecule has 0 unspecified atom stereocenters. The van der Waals surface area contributed by atoms with Crippen LogP contribution in [-0.2, 0) is 13.1 Å². The fourth-order valence-electron chi connectivity index (χ4n) is 2.57. The van der Waals surface area contributed by atoms with Gasteiger partial charge in [0.05, 0.1) is 0 Å². The van der Waals surface area contributed by atoms with Crippen molar-refractivity contribution < 1.29 is 13.5 Å². The molecule has 0 saturated heterocycles. The van der Waals surface area contributed by atoms with Gasteiger partial charge in [0, 0.05) is 25.2 Å². The zero-order valence-electron chi connectivity index (χ0n) is 11.9. The molecule has 0 radical (unpaired) electrons. The van der Waals surface area contributed by atoms with Crippen molar-refractivity contribution in [3.63, 3.8) is 0 Å². The summed E-state index contributed by atoms with van der Waals surface area (Å²) in [5.74, 6) is -1.06. The third-order valence-corrected chi connectivity index (χ3v) is 3.86. The van der Waals surface area contributed by atoms with Crippen LogP contribution in [0.25, 0.3) is 0 Å². The summed E-state index contributed by atoms with van der Waals surface area (Å²) in [4.78, 5) is 2.27. The molecule has 1 heterocycles. The SMILES string of the molecule is C[C@H](COc1cc(F)ccc1F)N1Cc2ccccc2C1. The molecular formula is C17H17F2NO. The summed E-state index contributed by atoms with van der Waals surface area (Å²) < 4.78 is 32.0. The van der Waals surface area contributed by atoms with Crippen LogP contribution >= 0.6 is 0 Å². The van der Waals surface area contributed by atoms with Crippen LogP contribution in [0.5, 0.6) is 5.75 Å². The normalized spacial score (nSPS) is 15.8. The van der Waals surface area contributed by atoms with Crippen molar-refractivity contribution in [3.8, 4) is 5.75 Å². The Hall–Kier alpha value is -1.94. The Labute approximate surface area is 123 Å². The van der Waals surface area contributed by atoms with Gasteiger partial charge in [0.1, 0.15) is 12.4 Å². The lowest BCUT2D eigenvalue weighted by Crippen LogP contribution is -2.33. The Balaban J connectivity index is 1.61. The summed E-state index contributed by atoms with van der Waals surface area (Å²) in [5, 5.41) is 0. The van der Waals surface area contributed by atoms with Crippen molar-refractivity contribution >= 4 is 0 Å². The largest absolute Gasteiger partial charge is 0.489 e. The van der Waals surface area contributed by atoms with Gasteiger partial charge in [-0.25, -0.2) is 8.78 Å². The average Bonchev–Trinajstić information content (AvgIpc) is 2.92. The second-order valence-electron chi connectivity index (χ2n) is 5.41. The van der Waals surface area contributed by atoms with E-state index >= 15 is 0 Å². The lowest BCUT2D eigenvalue weighted by atomic mass is 10.1. The van der Waals surface area contributed by atoms with Crippen LogP contribution < -0.4 is 4.74 Å². The van der Waals surface area contributed by atoms with E-state index in [9.17, 15) is 8.78 Å². The van der Waals surface area contributed by atoms with E-state index in [0.29, 0.717) is 6.61 Å². The molecule has 0 amide bonds. The molecule has 21 heavy (non-hydrogen) atoms. The van der Waals surface area contributed by atoms with E-state index in [1.807, 2.05) is 19.1 Å². The Morgan fingerprint density at radius 1 is 1.10 bits per heavy atom. The summed E-state index contributed by atoms with van der Waals surface area (Å²) in [6, 6.07) is 11.7. The predicted molar refractivity (Wildman–Crippen MR) is 77.0 cm³/mol. The highest BCUT2D eigenvalue weighted by molar-refractivity contribution is 5.30. The molecule has 0 N–H and O–H groups in total. The smallest absolute Gasteiger partial charge is 0.165 e. The van der Waals surface area contributed by atoms with Gasteiger partial charge in [-0.15, -0.1) is 0 Å². The topological polar surface area (TPSA) is 12.5 Å². The van der Waals surface area contributed by atoms with Crippen molar-refractivity contribution in [2.75, 3.05) is 6.61 Å². The summed E-state index contributed by atoms with van der Waals surface area (Å²) in [6.07, 6.45) is 0. The van der Waals surface area contributed by atoms with Gasteiger partial charge in [-0.1, -0.05) is 24.3 Å². The summed E-state index contributed by atoms with van der Waals surface area (Å²) in [6.45, 7) is 4.09. The highest BCUT2D eigenvalue weighted by atomic mass is 19.1. The molecule has 2 nitrogen and oxygen atoms in total. The van der Waals surface area contributed by atoms with Crippen LogP contribution in [0.15, 0.2) is 42.5 Å². The molecule has 2 aromatic rings. The Kier molecular flexibility index (Phi) is 3.88. The molecule has 0 fully saturated rings. The number of rotatable bonds is 4. The van der Waals surface area contributed by atoms with E-state index in [0.717, 1.165) is 31.3 Å². The number of halogens is 2. The summed E-state index contributed by atoms with van der Waals surface area (Å²) in [5.41, 5.74) is 2.64. The van der Waals surface area contributed by atoms with Gasteiger partial charge in [-0.2, -0.15) is 0 Å². The lowest BCUT2D eigenvalue weighted by Gasteiger charge is -2.24. The van der Waals surface area contributed by atoms with Crippen LogP contribution in [0, 0.1) is 11.6 Å². The fraction of sp³-hybridized carbons (Fsp3) is 0.294. The predicted octanol–water partition coefficient (Wildman–Crippen LogP) is 3.75. The maximum absolute atomic E-state index is 13.5. The number of ether oxygens (including phenoxy) is 1. The van der Waals surface area contributed by atoms with E-state index in [1.54, 1.807) is 0 Å². The first-order valence-corrected chi connectivity index (χ1v) is 7.02. The van der Waals surface area contributed by atoms with Crippen LogP contribution in [0.4, 0.5) is 8.78 Å². The zero-order chi connectivity index (χ0) is 14.8. The van der Waals surface area contributed by atoms with E-state index in [4.69, 9.17) is 4.74 Å². The second-order valence-corrected chi connectivity index (χ2v) is 5.41. The summed E-state index contributed by atoms with van der Waals surface area (Å²) in [7, 11) is 0. The van der Waals surface area contributed by atoms with Crippen molar-refractivity contribution in [3.05, 3.63) is 65.2 Å². The van der Waals surface area contributed by atoms with Gasteiger partial charge in [0.15, 0.2) is 11.6 Å². The maximum atomic E-state index is 13.5. The second kappa shape index (κ2) is 5.82. The number of hydrogen-bond donors (Lipinski definition) is 0. The van der Waals surface area contributed by atoms with Gasteiger partial charge in [-0.3, -0.25) is 4.90 Å². The minimum atomic E-state index is -0.534. The zero-order valence-corrected chi connectivity index (χ0v) is 11.9. The number of nitrogens with zero attached hydrogens (tertiary/aromatic N) is 1.